The van der Waals surface area contributed by atoms with Crippen LogP contribution in [0.1, 0.15) is 19.5 Å². The fourth-order valence-electron chi connectivity index (χ4n) is 1.58. The van der Waals surface area contributed by atoms with Crippen LogP contribution in [-0.2, 0) is 6.54 Å². The van der Waals surface area contributed by atoms with Crippen LogP contribution in [0.15, 0.2) is 31.0 Å². The lowest BCUT2D eigenvalue weighted by Gasteiger charge is -2.21. The highest BCUT2D eigenvalue weighted by molar-refractivity contribution is 5.46. The first-order valence-electron chi connectivity index (χ1n) is 5.83. The van der Waals surface area contributed by atoms with Gasteiger partial charge in [-0.15, -0.1) is 6.58 Å². The second kappa shape index (κ2) is 7.01. The van der Waals surface area contributed by atoms with Crippen LogP contribution in [0.2, 0.25) is 0 Å². The van der Waals surface area contributed by atoms with Crippen LogP contribution < -0.4 is 10.2 Å². The van der Waals surface area contributed by atoms with Gasteiger partial charge in [-0.1, -0.05) is 13.0 Å². The van der Waals surface area contributed by atoms with Gasteiger partial charge in [0.15, 0.2) is 0 Å². The molecule has 3 heteroatoms. The van der Waals surface area contributed by atoms with Gasteiger partial charge in [0.1, 0.15) is 0 Å². The minimum absolute atomic E-state index is 0.829. The molecular weight excluding hydrogens is 198 g/mol. The van der Waals surface area contributed by atoms with Crippen LogP contribution in [-0.4, -0.2) is 24.6 Å². The number of aromatic nitrogens is 1. The molecule has 0 aliphatic heterocycles. The van der Waals surface area contributed by atoms with E-state index in [2.05, 4.69) is 41.7 Å². The van der Waals surface area contributed by atoms with Crippen molar-refractivity contribution in [2.45, 2.75) is 20.4 Å². The van der Waals surface area contributed by atoms with Crippen molar-refractivity contribution in [2.24, 2.45) is 0 Å². The van der Waals surface area contributed by atoms with Crippen molar-refractivity contribution in [1.29, 1.82) is 0 Å². The zero-order valence-corrected chi connectivity index (χ0v) is 10.2. The number of anilines is 1. The molecule has 1 rings (SSSR count). The van der Waals surface area contributed by atoms with Crippen LogP contribution in [0, 0.1) is 0 Å². The van der Waals surface area contributed by atoms with E-state index in [1.807, 2.05) is 18.3 Å². The fraction of sp³-hybridized carbons (Fsp3) is 0.462. The fourth-order valence-corrected chi connectivity index (χ4v) is 1.58. The molecule has 0 aliphatic carbocycles. The van der Waals surface area contributed by atoms with Crippen LogP contribution in [0.25, 0.3) is 0 Å². The van der Waals surface area contributed by atoms with Gasteiger partial charge in [0.2, 0.25) is 0 Å². The van der Waals surface area contributed by atoms with E-state index in [0.29, 0.717) is 0 Å². The summed E-state index contributed by atoms with van der Waals surface area (Å²) in [6, 6.07) is 4.18. The summed E-state index contributed by atoms with van der Waals surface area (Å²) in [5.41, 5.74) is 2.30. The first-order chi connectivity index (χ1) is 7.81. The minimum atomic E-state index is 0.829. The topological polar surface area (TPSA) is 28.2 Å². The lowest BCUT2D eigenvalue weighted by Crippen LogP contribution is -2.23. The number of rotatable bonds is 7. The quantitative estimate of drug-likeness (QED) is 0.713. The summed E-state index contributed by atoms with van der Waals surface area (Å²) in [4.78, 5) is 6.61. The maximum Gasteiger partial charge on any atom is 0.0562 e. The van der Waals surface area contributed by atoms with Gasteiger partial charge in [0.25, 0.3) is 0 Å². The molecule has 0 atom stereocenters. The van der Waals surface area contributed by atoms with E-state index in [1.54, 1.807) is 0 Å². The second-order valence-electron chi connectivity index (χ2n) is 3.61. The summed E-state index contributed by atoms with van der Waals surface area (Å²) in [6.07, 6.45) is 3.79. The number of hydrogen-bond acceptors (Lipinski definition) is 3. The molecule has 1 heterocycles. The molecule has 3 nitrogen and oxygen atoms in total. The Kier molecular flexibility index (Phi) is 5.57. The summed E-state index contributed by atoms with van der Waals surface area (Å²) in [7, 11) is 0. The predicted octanol–water partition coefficient (Wildman–Crippen LogP) is 2.20. The molecule has 0 bridgehead atoms. The monoisotopic (exact) mass is 219 g/mol. The first kappa shape index (κ1) is 12.7. The largest absolute Gasteiger partial charge is 0.368 e. The highest BCUT2D eigenvalue weighted by Crippen LogP contribution is 2.14. The lowest BCUT2D eigenvalue weighted by molar-refractivity contribution is 0.710. The van der Waals surface area contributed by atoms with Crippen molar-refractivity contribution in [3.8, 4) is 0 Å². The Hall–Kier alpha value is -1.35. The second-order valence-corrected chi connectivity index (χ2v) is 3.61. The van der Waals surface area contributed by atoms with E-state index >= 15 is 0 Å². The van der Waals surface area contributed by atoms with Gasteiger partial charge in [0.05, 0.1) is 5.69 Å². The molecule has 88 valence electrons. The van der Waals surface area contributed by atoms with Crippen LogP contribution >= 0.6 is 0 Å². The third-order valence-corrected chi connectivity index (χ3v) is 2.45. The molecule has 0 spiro atoms. The van der Waals surface area contributed by atoms with Gasteiger partial charge >= 0.3 is 0 Å². The summed E-state index contributed by atoms with van der Waals surface area (Å²) in [5.74, 6) is 0. The Morgan fingerprint density at radius 2 is 2.31 bits per heavy atom. The third kappa shape index (κ3) is 3.66. The van der Waals surface area contributed by atoms with Gasteiger partial charge in [-0.05, 0) is 25.6 Å². The number of likely N-dealkylation sites (N-methyl/N-ethyl adjacent to an activating group) is 1. The van der Waals surface area contributed by atoms with Crippen molar-refractivity contribution in [3.63, 3.8) is 0 Å². The highest BCUT2D eigenvalue weighted by Gasteiger charge is 2.03. The van der Waals surface area contributed by atoms with Gasteiger partial charge in [-0.3, -0.25) is 4.98 Å². The summed E-state index contributed by atoms with van der Waals surface area (Å²) in [5, 5.41) is 3.28. The maximum atomic E-state index is 4.34. The molecule has 0 unspecified atom stereocenters. The van der Waals surface area contributed by atoms with E-state index in [1.165, 1.54) is 5.69 Å². The molecule has 1 aromatic rings. The van der Waals surface area contributed by atoms with E-state index in [4.69, 9.17) is 0 Å². The zero-order valence-electron chi connectivity index (χ0n) is 10.2. The van der Waals surface area contributed by atoms with E-state index in [0.717, 1.165) is 31.9 Å². The van der Waals surface area contributed by atoms with Gasteiger partial charge in [0, 0.05) is 31.5 Å². The zero-order chi connectivity index (χ0) is 11.8. The van der Waals surface area contributed by atoms with Crippen molar-refractivity contribution in [2.75, 3.05) is 24.5 Å². The molecule has 0 saturated carbocycles. The van der Waals surface area contributed by atoms with Gasteiger partial charge in [-0.2, -0.15) is 0 Å². The predicted molar refractivity (Wildman–Crippen MR) is 69.7 cm³/mol. The molecule has 1 aromatic heterocycles. The van der Waals surface area contributed by atoms with Crippen molar-refractivity contribution >= 4 is 5.69 Å². The van der Waals surface area contributed by atoms with Crippen molar-refractivity contribution in [3.05, 3.63) is 36.7 Å². The molecule has 0 saturated heterocycles. The Morgan fingerprint density at radius 3 is 2.94 bits per heavy atom. The van der Waals surface area contributed by atoms with E-state index in [9.17, 15) is 0 Å². The number of nitrogens with one attached hydrogen (secondary N) is 1. The molecule has 16 heavy (non-hydrogen) atoms. The van der Waals surface area contributed by atoms with Crippen molar-refractivity contribution in [1.82, 2.24) is 10.3 Å². The standard InChI is InChI=1S/C13H21N3/c1-4-9-16(6-3)13-7-8-15-12(10-13)11-14-5-2/h4,7-8,10,14H,1,5-6,9,11H2,2-3H3. The SMILES string of the molecule is C=CCN(CC)c1ccnc(CNCC)c1. The van der Waals surface area contributed by atoms with Gasteiger partial charge in [-0.25, -0.2) is 0 Å². The van der Waals surface area contributed by atoms with Gasteiger partial charge < -0.3 is 10.2 Å². The Labute approximate surface area is 98.2 Å². The molecule has 0 radical (unpaired) electrons. The van der Waals surface area contributed by atoms with E-state index in [-0.39, 0.29) is 0 Å². The maximum absolute atomic E-state index is 4.34. The summed E-state index contributed by atoms with van der Waals surface area (Å²) < 4.78 is 0. The molecule has 0 amide bonds. The molecule has 0 aromatic carbocycles. The van der Waals surface area contributed by atoms with E-state index < -0.39 is 0 Å². The molecule has 0 fully saturated rings. The Balaban J connectivity index is 2.74. The molecular formula is C13H21N3. The lowest BCUT2D eigenvalue weighted by atomic mass is 10.2. The highest BCUT2D eigenvalue weighted by atomic mass is 15.1. The normalized spacial score (nSPS) is 10.1. The summed E-state index contributed by atoms with van der Waals surface area (Å²) >= 11 is 0. The van der Waals surface area contributed by atoms with Crippen LogP contribution in [0.3, 0.4) is 0 Å². The third-order valence-electron chi connectivity index (χ3n) is 2.45. The smallest absolute Gasteiger partial charge is 0.0562 e. The summed E-state index contributed by atoms with van der Waals surface area (Å²) in [6.45, 7) is 11.7. The first-order valence-corrected chi connectivity index (χ1v) is 5.83. The number of pyridine rings is 1. The average Bonchev–Trinajstić information content (AvgIpc) is 2.33. The number of hydrogen-bond donors (Lipinski definition) is 1. The van der Waals surface area contributed by atoms with Crippen LogP contribution in [0.5, 0.6) is 0 Å². The Morgan fingerprint density at radius 1 is 1.50 bits per heavy atom. The van der Waals surface area contributed by atoms with Crippen molar-refractivity contribution < 1.29 is 0 Å². The average molecular weight is 219 g/mol. The Bertz CT molecular complexity index is 323. The van der Waals surface area contributed by atoms with Crippen LogP contribution in [0.4, 0.5) is 5.69 Å². The minimum Gasteiger partial charge on any atom is -0.368 e. The molecule has 0 aliphatic rings. The number of nitrogens with zero attached hydrogens (tertiary/aromatic N) is 2. The molecule has 1 N–H and O–H groups in total.